The normalized spacial score (nSPS) is 10.8. The van der Waals surface area contributed by atoms with E-state index in [0.29, 0.717) is 23.0 Å². The van der Waals surface area contributed by atoms with Gasteiger partial charge in [0.05, 0.1) is 5.69 Å². The predicted molar refractivity (Wildman–Crippen MR) is 98.4 cm³/mol. The summed E-state index contributed by atoms with van der Waals surface area (Å²) in [5.74, 6) is 0.855. The lowest BCUT2D eigenvalue weighted by Gasteiger charge is -2.14. The molecule has 0 radical (unpaired) electrons. The summed E-state index contributed by atoms with van der Waals surface area (Å²) in [7, 11) is 0. The summed E-state index contributed by atoms with van der Waals surface area (Å²) in [6.07, 6.45) is 3.44. The largest absolute Gasteiger partial charge is 0.352 e. The van der Waals surface area contributed by atoms with Crippen molar-refractivity contribution in [1.29, 1.82) is 0 Å². The Morgan fingerprint density at radius 1 is 1.04 bits per heavy atom. The number of anilines is 3. The average molecular weight is 337 g/mol. The number of aromatic nitrogens is 3. The van der Waals surface area contributed by atoms with Crippen molar-refractivity contribution in [3.63, 3.8) is 0 Å². The van der Waals surface area contributed by atoms with Crippen LogP contribution in [0.2, 0.25) is 0 Å². The van der Waals surface area contributed by atoms with E-state index in [0.717, 1.165) is 11.3 Å². The molecule has 6 heteroatoms. The second-order valence-corrected chi connectivity index (χ2v) is 6.03. The molecule has 0 aliphatic heterocycles. The van der Waals surface area contributed by atoms with E-state index in [9.17, 15) is 4.39 Å². The highest BCUT2D eigenvalue weighted by Crippen LogP contribution is 2.25. The van der Waals surface area contributed by atoms with Gasteiger partial charge in [0, 0.05) is 41.3 Å². The molecule has 3 rings (SSSR count). The molecule has 0 bridgehead atoms. The van der Waals surface area contributed by atoms with Crippen LogP contribution in [0, 0.1) is 12.7 Å². The van der Waals surface area contributed by atoms with Crippen LogP contribution < -0.4 is 10.6 Å². The summed E-state index contributed by atoms with van der Waals surface area (Å²) in [6.45, 7) is 5.77. The van der Waals surface area contributed by atoms with Crippen LogP contribution in [0.25, 0.3) is 11.3 Å². The molecule has 25 heavy (non-hydrogen) atoms. The molecule has 0 atom stereocenters. The number of nitrogens with zero attached hydrogens (tertiary/aromatic N) is 3. The molecule has 0 unspecified atom stereocenters. The molecule has 0 spiro atoms. The fourth-order valence-electron chi connectivity index (χ4n) is 2.39. The van der Waals surface area contributed by atoms with Gasteiger partial charge in [0.25, 0.3) is 0 Å². The molecule has 0 aliphatic rings. The van der Waals surface area contributed by atoms with E-state index in [1.807, 2.05) is 38.1 Å². The number of hydrogen-bond donors (Lipinski definition) is 2. The van der Waals surface area contributed by atoms with Crippen LogP contribution in [0.5, 0.6) is 0 Å². The van der Waals surface area contributed by atoms with Gasteiger partial charge >= 0.3 is 0 Å². The Labute approximate surface area is 146 Å². The van der Waals surface area contributed by atoms with Gasteiger partial charge in [-0.1, -0.05) is 6.07 Å². The molecule has 3 aromatic rings. The monoisotopic (exact) mass is 337 g/mol. The summed E-state index contributed by atoms with van der Waals surface area (Å²) in [5.41, 5.74) is 2.92. The lowest BCUT2D eigenvalue weighted by atomic mass is 10.1. The highest BCUT2D eigenvalue weighted by Gasteiger charge is 2.10. The van der Waals surface area contributed by atoms with Gasteiger partial charge in [-0.2, -0.15) is 4.98 Å². The van der Waals surface area contributed by atoms with E-state index >= 15 is 0 Å². The molecule has 0 fully saturated rings. The topological polar surface area (TPSA) is 62.7 Å². The van der Waals surface area contributed by atoms with Crippen molar-refractivity contribution in [3.05, 3.63) is 60.2 Å². The van der Waals surface area contributed by atoms with Crippen molar-refractivity contribution < 1.29 is 4.39 Å². The summed E-state index contributed by atoms with van der Waals surface area (Å²) in [5, 5.41) is 6.41. The Kier molecular flexibility index (Phi) is 4.88. The van der Waals surface area contributed by atoms with Crippen LogP contribution in [-0.4, -0.2) is 21.0 Å². The first-order valence-corrected chi connectivity index (χ1v) is 8.11. The maximum atomic E-state index is 13.8. The van der Waals surface area contributed by atoms with Crippen molar-refractivity contribution in [2.24, 2.45) is 0 Å². The van der Waals surface area contributed by atoms with Gasteiger partial charge in [-0.3, -0.25) is 4.98 Å². The number of nitrogens with one attached hydrogen (secondary N) is 2. The van der Waals surface area contributed by atoms with Gasteiger partial charge in [-0.25, -0.2) is 9.37 Å². The van der Waals surface area contributed by atoms with Crippen molar-refractivity contribution >= 4 is 17.5 Å². The highest BCUT2D eigenvalue weighted by molar-refractivity contribution is 5.68. The Bertz CT molecular complexity index is 865. The number of pyridine rings is 1. The quantitative estimate of drug-likeness (QED) is 0.715. The fraction of sp³-hybridized carbons (Fsp3) is 0.211. The lowest BCUT2D eigenvalue weighted by Crippen LogP contribution is -2.13. The minimum absolute atomic E-state index is 0.191. The Balaban J connectivity index is 2.01. The second kappa shape index (κ2) is 7.25. The lowest BCUT2D eigenvalue weighted by molar-refractivity contribution is 0.619. The minimum atomic E-state index is -0.256. The summed E-state index contributed by atoms with van der Waals surface area (Å²) < 4.78 is 13.8. The first-order valence-electron chi connectivity index (χ1n) is 8.11. The molecule has 2 aromatic heterocycles. The summed E-state index contributed by atoms with van der Waals surface area (Å²) >= 11 is 0. The molecule has 0 aliphatic carbocycles. The Morgan fingerprint density at radius 3 is 2.52 bits per heavy atom. The highest BCUT2D eigenvalue weighted by atomic mass is 19.1. The predicted octanol–water partition coefficient (Wildman–Crippen LogP) is 4.55. The van der Waals surface area contributed by atoms with Crippen LogP contribution >= 0.6 is 0 Å². The van der Waals surface area contributed by atoms with Crippen LogP contribution in [0.4, 0.5) is 21.8 Å². The van der Waals surface area contributed by atoms with Gasteiger partial charge in [0.15, 0.2) is 0 Å². The molecular formula is C19H20FN5. The van der Waals surface area contributed by atoms with E-state index in [2.05, 4.69) is 25.6 Å². The first-order chi connectivity index (χ1) is 12.0. The zero-order valence-electron chi connectivity index (χ0n) is 14.4. The number of benzene rings is 1. The third kappa shape index (κ3) is 4.09. The van der Waals surface area contributed by atoms with Crippen LogP contribution in [-0.2, 0) is 0 Å². The van der Waals surface area contributed by atoms with Crippen molar-refractivity contribution in [1.82, 2.24) is 15.0 Å². The molecular weight excluding hydrogens is 317 g/mol. The van der Waals surface area contributed by atoms with Gasteiger partial charge < -0.3 is 10.6 Å². The van der Waals surface area contributed by atoms with E-state index in [-0.39, 0.29) is 11.9 Å². The smallest absolute Gasteiger partial charge is 0.225 e. The van der Waals surface area contributed by atoms with Gasteiger partial charge in [0.1, 0.15) is 11.6 Å². The van der Waals surface area contributed by atoms with Gasteiger partial charge in [-0.15, -0.1) is 0 Å². The number of hydrogen-bond acceptors (Lipinski definition) is 5. The molecule has 0 amide bonds. The third-order valence-electron chi connectivity index (χ3n) is 3.65. The molecule has 128 valence electrons. The molecule has 1 aromatic carbocycles. The number of rotatable bonds is 5. The van der Waals surface area contributed by atoms with Gasteiger partial charge in [-0.05, 0) is 45.0 Å². The van der Waals surface area contributed by atoms with Crippen LogP contribution in [0.15, 0.2) is 48.8 Å². The Hall–Kier alpha value is -3.02. The van der Waals surface area contributed by atoms with Crippen LogP contribution in [0.1, 0.15) is 19.4 Å². The van der Waals surface area contributed by atoms with Crippen molar-refractivity contribution in [2.45, 2.75) is 26.8 Å². The zero-order valence-corrected chi connectivity index (χ0v) is 14.4. The molecule has 5 nitrogen and oxygen atoms in total. The molecule has 2 heterocycles. The summed E-state index contributed by atoms with van der Waals surface area (Å²) in [4.78, 5) is 13.1. The molecule has 0 saturated carbocycles. The van der Waals surface area contributed by atoms with E-state index in [1.165, 1.54) is 6.07 Å². The fourth-order valence-corrected chi connectivity index (χ4v) is 2.39. The van der Waals surface area contributed by atoms with Gasteiger partial charge in [0.2, 0.25) is 5.95 Å². The van der Waals surface area contributed by atoms with E-state index in [4.69, 9.17) is 0 Å². The summed E-state index contributed by atoms with van der Waals surface area (Å²) in [6, 6.07) is 10.7. The third-order valence-corrected chi connectivity index (χ3v) is 3.65. The van der Waals surface area contributed by atoms with Crippen molar-refractivity contribution in [3.8, 4) is 11.3 Å². The molecule has 2 N–H and O–H groups in total. The minimum Gasteiger partial charge on any atom is -0.352 e. The Morgan fingerprint density at radius 2 is 1.80 bits per heavy atom. The number of halogens is 1. The SMILES string of the molecule is Cc1c(F)cccc1Nc1cc(-c2ccncc2)nc(NC(C)C)n1. The van der Waals surface area contributed by atoms with E-state index in [1.54, 1.807) is 25.4 Å². The zero-order chi connectivity index (χ0) is 17.8. The van der Waals surface area contributed by atoms with Crippen molar-refractivity contribution in [2.75, 3.05) is 10.6 Å². The standard InChI is InChI=1S/C19H20FN5/c1-12(2)22-19-24-17(14-7-9-21-10-8-14)11-18(25-19)23-16-6-4-5-15(20)13(16)3/h4-12H,1-3H3,(H2,22,23,24,25). The second-order valence-electron chi connectivity index (χ2n) is 6.03. The maximum absolute atomic E-state index is 13.8. The van der Waals surface area contributed by atoms with E-state index < -0.39 is 0 Å². The van der Waals surface area contributed by atoms with Crippen LogP contribution in [0.3, 0.4) is 0 Å². The average Bonchev–Trinajstić information content (AvgIpc) is 2.59. The molecule has 0 saturated heterocycles. The first kappa shape index (κ1) is 16.8. The maximum Gasteiger partial charge on any atom is 0.225 e.